The van der Waals surface area contributed by atoms with Crippen LogP contribution in [0.2, 0.25) is 6.32 Å². The number of ether oxygens (including phenoxy) is 2. The standard InChI is InChI=1S/C27H37BN8O4S/c1-14(39-17-8-16(11-41)19(10-17)36-13-32-22-24(36)33-27(29)34-26(22)38)2-3-15-9-21(40-20(15)4-6-28)35-7-5-18-23(35)30-12-31-25(18)37/h5,7,12-17,19-21,41H,2-4,6,8-11,28H2,1H3,(H,30,31,37)(H3,29,33,34,38)/t14?,15-,16-,17?,19?,20?,21?/m0/s1. The molecule has 5 heterocycles. The van der Waals surface area contributed by atoms with E-state index in [4.69, 9.17) is 15.2 Å². The maximum Gasteiger partial charge on any atom is 0.280 e. The number of fused-ring (bicyclic) bond motifs is 2. The molecule has 5 unspecified atom stereocenters. The molecule has 4 aromatic heterocycles. The van der Waals surface area contributed by atoms with Crippen molar-refractivity contribution < 1.29 is 9.47 Å². The van der Waals surface area contributed by atoms with Crippen LogP contribution in [-0.2, 0) is 9.47 Å². The molecule has 2 fully saturated rings. The Hall–Kier alpha value is -3.10. The predicted octanol–water partition coefficient (Wildman–Crippen LogP) is 2.22. The van der Waals surface area contributed by atoms with Crippen molar-refractivity contribution in [3.63, 3.8) is 0 Å². The topological polar surface area (TPSA) is 159 Å². The van der Waals surface area contributed by atoms with Crippen LogP contribution >= 0.6 is 12.6 Å². The summed E-state index contributed by atoms with van der Waals surface area (Å²) in [6.45, 7) is 2.15. The zero-order chi connectivity index (χ0) is 28.7. The van der Waals surface area contributed by atoms with Crippen LogP contribution in [0.15, 0.2) is 34.5 Å². The van der Waals surface area contributed by atoms with Gasteiger partial charge in [-0.15, -0.1) is 0 Å². The van der Waals surface area contributed by atoms with Crippen molar-refractivity contribution >= 4 is 48.6 Å². The molecule has 6 rings (SSSR count). The first-order chi connectivity index (χ1) is 19.9. The first-order valence-corrected chi connectivity index (χ1v) is 15.2. The monoisotopic (exact) mass is 580 g/mol. The highest BCUT2D eigenvalue weighted by Gasteiger charge is 2.38. The summed E-state index contributed by atoms with van der Waals surface area (Å²) in [4.78, 5) is 42.7. The van der Waals surface area contributed by atoms with Gasteiger partial charge in [-0.1, -0.05) is 6.32 Å². The molecule has 1 saturated heterocycles. The number of aromatic amines is 2. The van der Waals surface area contributed by atoms with E-state index in [-0.39, 0.29) is 53.6 Å². The third-order valence-electron chi connectivity index (χ3n) is 8.79. The number of nitrogens with two attached hydrogens (primary N) is 1. The number of nitrogens with one attached hydrogen (secondary N) is 2. The van der Waals surface area contributed by atoms with Crippen LogP contribution < -0.4 is 16.9 Å². The molecule has 1 aliphatic heterocycles. The Bertz CT molecular complexity index is 1630. The van der Waals surface area contributed by atoms with Gasteiger partial charge in [-0.2, -0.15) is 17.6 Å². The van der Waals surface area contributed by atoms with Gasteiger partial charge >= 0.3 is 0 Å². The van der Waals surface area contributed by atoms with E-state index in [9.17, 15) is 9.59 Å². The maximum atomic E-state index is 12.3. The number of hydrogen-bond acceptors (Lipinski definition) is 9. The molecule has 0 aromatic carbocycles. The van der Waals surface area contributed by atoms with E-state index in [1.807, 2.05) is 21.4 Å². The molecular formula is C27H37BN8O4S. The smallest absolute Gasteiger partial charge is 0.280 e. The van der Waals surface area contributed by atoms with Gasteiger partial charge in [-0.3, -0.25) is 14.6 Å². The number of nitrogen functional groups attached to an aromatic ring is 1. The lowest BCUT2D eigenvalue weighted by Gasteiger charge is -2.22. The number of anilines is 1. The zero-order valence-electron chi connectivity index (χ0n) is 23.4. The molecule has 12 nitrogen and oxygen atoms in total. The van der Waals surface area contributed by atoms with E-state index >= 15 is 0 Å². The van der Waals surface area contributed by atoms with Crippen molar-refractivity contribution in [1.82, 2.24) is 34.1 Å². The van der Waals surface area contributed by atoms with E-state index in [0.29, 0.717) is 33.9 Å². The van der Waals surface area contributed by atoms with Crippen molar-refractivity contribution in [2.75, 3.05) is 11.5 Å². The van der Waals surface area contributed by atoms with Gasteiger partial charge in [-0.25, -0.2) is 9.97 Å². The lowest BCUT2D eigenvalue weighted by atomic mass is 9.88. The number of thiol groups is 1. The Labute approximate surface area is 243 Å². The maximum absolute atomic E-state index is 12.3. The SMILES string of the molecule is BCCC1OC(n2ccc3c(=O)[nH]cnc32)C[C@@H]1CCC(C)OC1CC(n2cnc3c(=O)[nH]c(N)nc32)[C@H](CS)C1. The van der Waals surface area contributed by atoms with Gasteiger partial charge in [0.1, 0.15) is 19.7 Å². The van der Waals surface area contributed by atoms with Crippen LogP contribution in [0.1, 0.15) is 57.7 Å². The molecule has 14 heteroatoms. The van der Waals surface area contributed by atoms with Crippen molar-refractivity contribution in [3.8, 4) is 0 Å². The van der Waals surface area contributed by atoms with Crippen LogP contribution in [0.5, 0.6) is 0 Å². The number of hydrogen-bond donors (Lipinski definition) is 4. The zero-order valence-corrected chi connectivity index (χ0v) is 24.3. The highest BCUT2D eigenvalue weighted by molar-refractivity contribution is 7.80. The molecule has 41 heavy (non-hydrogen) atoms. The molecule has 0 radical (unpaired) electrons. The van der Waals surface area contributed by atoms with E-state index in [1.54, 1.807) is 6.33 Å². The van der Waals surface area contributed by atoms with Gasteiger partial charge in [0.15, 0.2) is 11.2 Å². The molecule has 1 saturated carbocycles. The third-order valence-corrected chi connectivity index (χ3v) is 9.25. The average molecular weight is 581 g/mol. The van der Waals surface area contributed by atoms with Gasteiger partial charge in [-0.05, 0) is 69.1 Å². The Morgan fingerprint density at radius 2 is 2.02 bits per heavy atom. The van der Waals surface area contributed by atoms with Crippen LogP contribution in [0.4, 0.5) is 5.95 Å². The van der Waals surface area contributed by atoms with Gasteiger partial charge in [0.25, 0.3) is 11.1 Å². The van der Waals surface area contributed by atoms with Gasteiger partial charge < -0.3 is 29.3 Å². The lowest BCUT2D eigenvalue weighted by molar-refractivity contribution is -0.0162. The van der Waals surface area contributed by atoms with Crippen LogP contribution in [0, 0.1) is 11.8 Å². The molecule has 0 amide bonds. The molecule has 4 N–H and O–H groups in total. The van der Waals surface area contributed by atoms with E-state index in [2.05, 4.69) is 52.3 Å². The Morgan fingerprint density at radius 1 is 1.17 bits per heavy atom. The number of nitrogens with zero attached hydrogens (tertiary/aromatic N) is 5. The number of rotatable bonds is 10. The largest absolute Gasteiger partial charge is 0.375 e. The third kappa shape index (κ3) is 5.44. The predicted molar refractivity (Wildman–Crippen MR) is 162 cm³/mol. The Kier molecular flexibility index (Phi) is 7.97. The summed E-state index contributed by atoms with van der Waals surface area (Å²) in [6, 6.07) is 1.89. The second kappa shape index (κ2) is 11.6. The van der Waals surface area contributed by atoms with Gasteiger partial charge in [0.2, 0.25) is 5.95 Å². The summed E-state index contributed by atoms with van der Waals surface area (Å²) >= 11 is 4.62. The summed E-state index contributed by atoms with van der Waals surface area (Å²) in [6.07, 6.45) is 11.8. The quantitative estimate of drug-likeness (QED) is 0.164. The second-order valence-corrected chi connectivity index (χ2v) is 11.9. The van der Waals surface area contributed by atoms with Gasteiger partial charge in [0, 0.05) is 12.2 Å². The first kappa shape index (κ1) is 28.0. The molecule has 2 aliphatic rings. The molecular weight excluding hydrogens is 543 g/mol. The molecule has 218 valence electrons. The van der Waals surface area contributed by atoms with Gasteiger partial charge in [0.05, 0.1) is 36.4 Å². The minimum Gasteiger partial charge on any atom is -0.375 e. The van der Waals surface area contributed by atoms with E-state index < -0.39 is 0 Å². The fourth-order valence-electron chi connectivity index (χ4n) is 6.80. The highest BCUT2D eigenvalue weighted by Crippen LogP contribution is 2.42. The van der Waals surface area contributed by atoms with Crippen LogP contribution in [0.3, 0.4) is 0 Å². The summed E-state index contributed by atoms with van der Waals surface area (Å²) in [7, 11) is 2.18. The normalized spacial score (nSPS) is 27.3. The van der Waals surface area contributed by atoms with E-state index in [1.165, 1.54) is 6.33 Å². The molecule has 4 aromatic rings. The average Bonchev–Trinajstić information content (AvgIpc) is 3.72. The summed E-state index contributed by atoms with van der Waals surface area (Å²) < 4.78 is 17.1. The van der Waals surface area contributed by atoms with Crippen LogP contribution in [0.25, 0.3) is 22.2 Å². The molecule has 1 aliphatic carbocycles. The van der Waals surface area contributed by atoms with Crippen molar-refractivity contribution in [2.45, 2.75) is 82.4 Å². The number of H-pyrrole nitrogens is 2. The molecule has 0 spiro atoms. The van der Waals surface area contributed by atoms with Crippen LogP contribution in [-0.4, -0.2) is 66.0 Å². The van der Waals surface area contributed by atoms with Crippen molar-refractivity contribution in [3.05, 3.63) is 45.6 Å². The summed E-state index contributed by atoms with van der Waals surface area (Å²) in [5.74, 6) is 1.45. The number of aromatic nitrogens is 7. The Morgan fingerprint density at radius 3 is 2.83 bits per heavy atom. The first-order valence-electron chi connectivity index (χ1n) is 14.5. The van der Waals surface area contributed by atoms with Crippen molar-refractivity contribution in [2.24, 2.45) is 11.8 Å². The lowest BCUT2D eigenvalue weighted by Crippen LogP contribution is -2.21. The number of imidazole rings is 1. The van der Waals surface area contributed by atoms with E-state index in [0.717, 1.165) is 44.8 Å². The minimum atomic E-state index is -0.331. The Balaban J connectivity index is 1.09. The highest BCUT2D eigenvalue weighted by atomic mass is 32.1. The van der Waals surface area contributed by atoms with Crippen molar-refractivity contribution in [1.29, 1.82) is 0 Å². The fraction of sp³-hybridized carbons (Fsp3) is 0.593. The molecule has 0 bridgehead atoms. The summed E-state index contributed by atoms with van der Waals surface area (Å²) in [5, 5.41) is 0.581. The fourth-order valence-corrected chi connectivity index (χ4v) is 7.19. The second-order valence-electron chi connectivity index (χ2n) is 11.5. The summed E-state index contributed by atoms with van der Waals surface area (Å²) in [5.41, 5.74) is 6.81. The minimum absolute atomic E-state index is 0.0818. The molecule has 7 atom stereocenters.